The number of amides is 1. The number of carbonyl (C=O) groups is 1. The van der Waals surface area contributed by atoms with Gasteiger partial charge in [0, 0.05) is 61.1 Å². The number of aromatic amines is 1. The van der Waals surface area contributed by atoms with Crippen molar-refractivity contribution in [3.05, 3.63) is 72.2 Å². The maximum absolute atomic E-state index is 12.9. The number of rotatable bonds is 6. The molecular weight excluding hydrogens is 470 g/mol. The van der Waals surface area contributed by atoms with Crippen LogP contribution in [0.2, 0.25) is 0 Å². The minimum absolute atomic E-state index is 0.0323. The van der Waals surface area contributed by atoms with Gasteiger partial charge in [-0.05, 0) is 62.7 Å². The Morgan fingerprint density at radius 3 is 2.57 bits per heavy atom. The van der Waals surface area contributed by atoms with Crippen molar-refractivity contribution in [2.45, 2.75) is 38.2 Å². The topological polar surface area (TPSA) is 102 Å². The fraction of sp³-hybridized carbons (Fsp3) is 0.357. The summed E-state index contributed by atoms with van der Waals surface area (Å²) in [5.41, 5.74) is 3.80. The van der Waals surface area contributed by atoms with Gasteiger partial charge in [0.2, 0.25) is 0 Å². The van der Waals surface area contributed by atoms with Crippen LogP contribution in [0, 0.1) is 0 Å². The Kier molecular flexibility index (Phi) is 6.80. The molecule has 9 nitrogen and oxygen atoms in total. The Morgan fingerprint density at radius 1 is 1.05 bits per heavy atom. The molecule has 0 spiro atoms. The highest BCUT2D eigenvalue weighted by molar-refractivity contribution is 5.82. The lowest BCUT2D eigenvalue weighted by atomic mass is 9.87. The highest BCUT2D eigenvalue weighted by Gasteiger charge is 2.39. The van der Waals surface area contributed by atoms with Crippen molar-refractivity contribution in [1.29, 1.82) is 0 Å². The van der Waals surface area contributed by atoms with Crippen LogP contribution in [0.4, 0.5) is 4.79 Å². The number of ether oxygens (including phenoxy) is 3. The minimum Gasteiger partial charge on any atom is -0.467 e. The van der Waals surface area contributed by atoms with E-state index in [0.717, 1.165) is 22.2 Å². The van der Waals surface area contributed by atoms with Crippen molar-refractivity contribution >= 4 is 17.1 Å². The summed E-state index contributed by atoms with van der Waals surface area (Å²) in [6.45, 7) is 6.87. The molecule has 1 N–H and O–H groups in total. The number of nitrogens with zero attached hydrogens (tertiary/aromatic N) is 4. The maximum atomic E-state index is 12.9. The molecule has 0 unspecified atom stereocenters. The smallest absolute Gasteiger partial charge is 0.410 e. The molecule has 0 aliphatic carbocycles. The zero-order chi connectivity index (χ0) is 26.0. The molecular formula is C28H31N5O4. The first-order valence-electron chi connectivity index (χ1n) is 12.3. The largest absolute Gasteiger partial charge is 0.467 e. The van der Waals surface area contributed by atoms with E-state index in [9.17, 15) is 4.79 Å². The second kappa shape index (κ2) is 10.2. The number of hydrogen-bond acceptors (Lipinski definition) is 7. The summed E-state index contributed by atoms with van der Waals surface area (Å²) in [6, 6.07) is 15.8. The van der Waals surface area contributed by atoms with E-state index in [0.29, 0.717) is 30.2 Å². The monoisotopic (exact) mass is 501 g/mol. The highest BCUT2D eigenvalue weighted by Crippen LogP contribution is 2.41. The summed E-state index contributed by atoms with van der Waals surface area (Å²) in [4.78, 5) is 22.3. The molecule has 4 heterocycles. The van der Waals surface area contributed by atoms with Crippen LogP contribution in [0.3, 0.4) is 0 Å². The fourth-order valence-electron chi connectivity index (χ4n) is 4.75. The summed E-state index contributed by atoms with van der Waals surface area (Å²) in [5.74, 6) is 0.791. The number of fused-ring (bicyclic) bond motifs is 1. The first-order valence-corrected chi connectivity index (χ1v) is 12.3. The molecule has 5 rings (SSSR count). The Bertz CT molecular complexity index is 1380. The van der Waals surface area contributed by atoms with E-state index in [4.69, 9.17) is 14.2 Å². The van der Waals surface area contributed by atoms with Crippen LogP contribution in [0.15, 0.2) is 60.9 Å². The summed E-state index contributed by atoms with van der Waals surface area (Å²) in [6.07, 6.45) is 3.27. The number of aromatic nitrogens is 4. The molecule has 1 amide bonds. The lowest BCUT2D eigenvalue weighted by molar-refractivity contribution is 0.0290. The average molecular weight is 502 g/mol. The number of nitrogens with one attached hydrogen (secondary N) is 1. The second-order valence-electron chi connectivity index (χ2n) is 10.2. The van der Waals surface area contributed by atoms with Gasteiger partial charge in [-0.2, -0.15) is 0 Å². The van der Waals surface area contributed by atoms with E-state index in [-0.39, 0.29) is 24.7 Å². The van der Waals surface area contributed by atoms with Gasteiger partial charge in [-0.3, -0.25) is 4.98 Å². The quantitative estimate of drug-likeness (QED) is 0.366. The molecule has 0 bridgehead atoms. The molecule has 9 heteroatoms. The molecule has 0 saturated carbocycles. The summed E-state index contributed by atoms with van der Waals surface area (Å²) < 4.78 is 16.5. The predicted octanol–water partition coefficient (Wildman–Crippen LogP) is 5.12. The molecule has 1 aliphatic heterocycles. The van der Waals surface area contributed by atoms with Gasteiger partial charge in [-0.25, -0.2) is 4.79 Å². The molecule has 3 aromatic heterocycles. The van der Waals surface area contributed by atoms with E-state index in [1.165, 1.54) is 0 Å². The minimum atomic E-state index is -0.558. The Hall–Kier alpha value is -3.98. The number of para-hydroxylation sites is 1. The van der Waals surface area contributed by atoms with Crippen LogP contribution in [-0.4, -0.2) is 63.8 Å². The lowest BCUT2D eigenvalue weighted by Crippen LogP contribution is -2.35. The molecule has 1 saturated heterocycles. The van der Waals surface area contributed by atoms with Gasteiger partial charge < -0.3 is 24.1 Å². The summed E-state index contributed by atoms with van der Waals surface area (Å²) in [5, 5.41) is 9.85. The third-order valence-electron chi connectivity index (χ3n) is 6.40. The third-order valence-corrected chi connectivity index (χ3v) is 6.40. The standard InChI is InChI=1S/C28H31N5O4/c1-28(2,3)37-27(34)33-15-21(18-9-11-29-12-10-18)22(16-33)23-13-19-14-24(31-32-26(19)30-23)20-7-5-6-8-25(20)36-17-35-4/h5-14,21-22H,15-17H2,1-4H3,(H,30,32)/t21-,22+/m1/s1. The number of pyridine rings is 1. The average Bonchev–Trinajstić information content (AvgIpc) is 3.51. The van der Waals surface area contributed by atoms with Crippen molar-refractivity contribution < 1.29 is 19.0 Å². The summed E-state index contributed by atoms with van der Waals surface area (Å²) in [7, 11) is 1.59. The molecule has 4 aromatic rings. The molecule has 1 aliphatic rings. The third kappa shape index (κ3) is 5.41. The number of hydrogen-bond donors (Lipinski definition) is 1. The van der Waals surface area contributed by atoms with Crippen LogP contribution in [0.1, 0.15) is 43.9 Å². The lowest BCUT2D eigenvalue weighted by Gasteiger charge is -2.24. The van der Waals surface area contributed by atoms with E-state index in [1.54, 1.807) is 24.4 Å². The number of H-pyrrole nitrogens is 1. The van der Waals surface area contributed by atoms with Crippen LogP contribution < -0.4 is 4.74 Å². The second-order valence-corrected chi connectivity index (χ2v) is 10.2. The Labute approximate surface area is 215 Å². The first kappa shape index (κ1) is 24.7. The zero-order valence-electron chi connectivity index (χ0n) is 21.5. The van der Waals surface area contributed by atoms with Crippen LogP contribution in [0.25, 0.3) is 22.3 Å². The molecule has 2 atom stereocenters. The van der Waals surface area contributed by atoms with Crippen molar-refractivity contribution in [3.8, 4) is 17.0 Å². The van der Waals surface area contributed by atoms with Crippen molar-refractivity contribution in [2.75, 3.05) is 27.0 Å². The van der Waals surface area contributed by atoms with E-state index < -0.39 is 5.60 Å². The predicted molar refractivity (Wildman–Crippen MR) is 139 cm³/mol. The van der Waals surface area contributed by atoms with E-state index in [2.05, 4.69) is 26.2 Å². The Morgan fingerprint density at radius 2 is 1.81 bits per heavy atom. The number of benzene rings is 1. The molecule has 1 fully saturated rings. The van der Waals surface area contributed by atoms with Gasteiger partial charge in [0.25, 0.3) is 0 Å². The van der Waals surface area contributed by atoms with Gasteiger partial charge >= 0.3 is 6.09 Å². The van der Waals surface area contributed by atoms with E-state index in [1.807, 2.05) is 63.2 Å². The number of likely N-dealkylation sites (tertiary alicyclic amines) is 1. The van der Waals surface area contributed by atoms with Gasteiger partial charge in [0.15, 0.2) is 12.4 Å². The highest BCUT2D eigenvalue weighted by atomic mass is 16.7. The van der Waals surface area contributed by atoms with Gasteiger partial charge in [0.1, 0.15) is 11.4 Å². The van der Waals surface area contributed by atoms with Crippen molar-refractivity contribution in [1.82, 2.24) is 25.1 Å². The first-order chi connectivity index (χ1) is 17.8. The Balaban J connectivity index is 1.48. The van der Waals surface area contributed by atoms with Crippen LogP contribution >= 0.6 is 0 Å². The molecule has 192 valence electrons. The van der Waals surface area contributed by atoms with Crippen LogP contribution in [0.5, 0.6) is 5.75 Å². The fourth-order valence-corrected chi connectivity index (χ4v) is 4.75. The van der Waals surface area contributed by atoms with Crippen molar-refractivity contribution in [2.24, 2.45) is 0 Å². The van der Waals surface area contributed by atoms with Crippen molar-refractivity contribution in [3.63, 3.8) is 0 Å². The molecule has 1 aromatic carbocycles. The molecule has 37 heavy (non-hydrogen) atoms. The van der Waals surface area contributed by atoms with Gasteiger partial charge in [-0.15, -0.1) is 10.2 Å². The SMILES string of the molecule is COCOc1ccccc1-c1cc2cc([C@H]3CN(C(=O)OC(C)(C)C)C[C@@H]3c3ccncc3)[nH]c2nn1. The van der Waals surface area contributed by atoms with Gasteiger partial charge in [0.05, 0.1) is 5.69 Å². The number of carbonyl (C=O) groups excluding carboxylic acids is 1. The van der Waals surface area contributed by atoms with E-state index >= 15 is 0 Å². The maximum Gasteiger partial charge on any atom is 0.410 e. The zero-order valence-corrected chi connectivity index (χ0v) is 21.5. The number of methoxy groups -OCH3 is 1. The normalized spacial score (nSPS) is 17.8. The van der Waals surface area contributed by atoms with Gasteiger partial charge in [-0.1, -0.05) is 12.1 Å². The molecule has 0 radical (unpaired) electrons. The van der Waals surface area contributed by atoms with Crippen LogP contribution in [-0.2, 0) is 9.47 Å². The summed E-state index contributed by atoms with van der Waals surface area (Å²) >= 11 is 0.